The van der Waals surface area contributed by atoms with E-state index in [1.807, 2.05) is 30.3 Å². The monoisotopic (exact) mass is 540 g/mol. The molecule has 1 aromatic carbocycles. The first-order valence-corrected chi connectivity index (χ1v) is 13.3. The van der Waals surface area contributed by atoms with Crippen molar-refractivity contribution < 1.29 is 19.1 Å². The second-order valence-corrected chi connectivity index (χ2v) is 10.2. The van der Waals surface area contributed by atoms with E-state index in [9.17, 15) is 14.4 Å². The van der Waals surface area contributed by atoms with Crippen molar-refractivity contribution in [2.24, 2.45) is 0 Å². The zero-order valence-electron chi connectivity index (χ0n) is 20.7. The fraction of sp³-hybridized carbons (Fsp3) is 0.179. The van der Waals surface area contributed by atoms with Gasteiger partial charge in [0.2, 0.25) is 5.91 Å². The maximum Gasteiger partial charge on any atom is 0.332 e. The molecule has 0 spiro atoms. The molecule has 0 radical (unpaired) electrons. The number of ether oxygens (including phenoxy) is 1. The molecule has 0 bridgehead atoms. The summed E-state index contributed by atoms with van der Waals surface area (Å²) in [5, 5.41) is 9.47. The first kappa shape index (κ1) is 24.6. The summed E-state index contributed by atoms with van der Waals surface area (Å²) < 4.78 is 5.82. The Labute approximate surface area is 227 Å². The SMILES string of the molecule is C=CC(=O)N[C@@H]1CCC[C@H]1NC(=O)c1sc2nccc3c2c1NC(=O)N3c1ccc(Oc2ccccc2)cn1. The molecule has 11 heteroatoms. The van der Waals surface area contributed by atoms with Gasteiger partial charge in [0.05, 0.1) is 23.0 Å². The van der Waals surface area contributed by atoms with Gasteiger partial charge in [0.25, 0.3) is 5.91 Å². The van der Waals surface area contributed by atoms with Crippen LogP contribution in [0.1, 0.15) is 28.9 Å². The highest BCUT2D eigenvalue weighted by Crippen LogP contribution is 2.45. The molecule has 6 rings (SSSR count). The van der Waals surface area contributed by atoms with E-state index < -0.39 is 6.03 Å². The molecule has 1 fully saturated rings. The van der Waals surface area contributed by atoms with Gasteiger partial charge in [-0.05, 0) is 55.7 Å². The molecular weight excluding hydrogens is 516 g/mol. The molecule has 196 valence electrons. The zero-order chi connectivity index (χ0) is 26.9. The maximum atomic E-state index is 13.4. The van der Waals surface area contributed by atoms with Crippen LogP contribution in [0.5, 0.6) is 11.5 Å². The van der Waals surface area contributed by atoms with Crippen molar-refractivity contribution in [3.05, 3.63) is 78.5 Å². The normalized spacial score (nSPS) is 17.9. The van der Waals surface area contributed by atoms with Crippen molar-refractivity contribution in [2.45, 2.75) is 31.3 Å². The fourth-order valence-electron chi connectivity index (χ4n) is 4.94. The molecule has 39 heavy (non-hydrogen) atoms. The van der Waals surface area contributed by atoms with Gasteiger partial charge in [-0.25, -0.2) is 19.7 Å². The number of hydrogen-bond donors (Lipinski definition) is 3. The van der Waals surface area contributed by atoms with E-state index >= 15 is 0 Å². The van der Waals surface area contributed by atoms with Crippen LogP contribution in [0.15, 0.2) is 73.6 Å². The Kier molecular flexibility index (Phi) is 6.41. The van der Waals surface area contributed by atoms with Crippen molar-refractivity contribution in [1.82, 2.24) is 20.6 Å². The van der Waals surface area contributed by atoms with Gasteiger partial charge in [-0.15, -0.1) is 11.3 Å². The number of rotatable bonds is 7. The molecule has 3 aromatic heterocycles. The van der Waals surface area contributed by atoms with Crippen molar-refractivity contribution in [3.63, 3.8) is 0 Å². The lowest BCUT2D eigenvalue weighted by Gasteiger charge is -2.27. The van der Waals surface area contributed by atoms with E-state index in [-0.39, 0.29) is 23.9 Å². The van der Waals surface area contributed by atoms with E-state index in [2.05, 4.69) is 32.5 Å². The Morgan fingerprint density at radius 3 is 2.59 bits per heavy atom. The Bertz CT molecular complexity index is 1590. The minimum atomic E-state index is -0.441. The first-order valence-electron chi connectivity index (χ1n) is 12.5. The minimum absolute atomic E-state index is 0.177. The second-order valence-electron chi connectivity index (χ2n) is 9.18. The number of pyridine rings is 2. The summed E-state index contributed by atoms with van der Waals surface area (Å²) in [5.41, 5.74) is 1.00. The molecule has 2 atom stereocenters. The predicted octanol–water partition coefficient (Wildman–Crippen LogP) is 5.12. The number of nitrogens with zero attached hydrogens (tertiary/aromatic N) is 3. The number of benzene rings is 1. The van der Waals surface area contributed by atoms with E-state index in [1.165, 1.54) is 22.3 Å². The standard InChI is InChI=1S/C28H24N6O4S/c1-2-22(35)31-18-9-6-10-19(18)32-26(36)25-24-23-20(13-14-29-27(23)39-25)34(28(37)33-24)21-12-11-17(15-30-21)38-16-7-4-3-5-8-16/h2-5,7-8,11-15,18-19H,1,6,9-10H2,(H,31,35)(H,32,36)(H,33,37)/t18-,19-/m1/s1. The third kappa shape index (κ3) is 4.68. The maximum absolute atomic E-state index is 13.4. The van der Waals surface area contributed by atoms with Crippen LogP contribution in [0.25, 0.3) is 10.2 Å². The number of aromatic nitrogens is 2. The summed E-state index contributed by atoms with van der Waals surface area (Å²) in [6, 6.07) is 13.7. The van der Waals surface area contributed by atoms with Crippen LogP contribution in [0.4, 0.5) is 22.0 Å². The highest BCUT2D eigenvalue weighted by molar-refractivity contribution is 7.21. The van der Waals surface area contributed by atoms with Crippen molar-refractivity contribution in [2.75, 3.05) is 10.2 Å². The van der Waals surface area contributed by atoms with Gasteiger partial charge in [0, 0.05) is 18.3 Å². The molecule has 4 amide bonds. The Morgan fingerprint density at radius 2 is 1.85 bits per heavy atom. The first-order chi connectivity index (χ1) is 19.0. The lowest BCUT2D eigenvalue weighted by atomic mass is 10.1. The minimum Gasteiger partial charge on any atom is -0.456 e. The number of carbonyl (C=O) groups is 3. The number of nitrogens with one attached hydrogen (secondary N) is 3. The Hall–Kier alpha value is -4.77. The van der Waals surface area contributed by atoms with E-state index in [0.717, 1.165) is 19.3 Å². The molecule has 1 saturated carbocycles. The van der Waals surface area contributed by atoms with Crippen molar-refractivity contribution in [3.8, 4) is 11.5 Å². The molecule has 4 aromatic rings. The molecule has 3 N–H and O–H groups in total. The van der Waals surface area contributed by atoms with Gasteiger partial charge in [-0.1, -0.05) is 24.8 Å². The van der Waals surface area contributed by atoms with Crippen LogP contribution in [0.2, 0.25) is 0 Å². The molecule has 4 heterocycles. The average molecular weight is 541 g/mol. The van der Waals surface area contributed by atoms with Gasteiger partial charge >= 0.3 is 6.03 Å². The summed E-state index contributed by atoms with van der Waals surface area (Å²) in [4.78, 5) is 49.9. The molecule has 0 saturated heterocycles. The van der Waals surface area contributed by atoms with E-state index in [4.69, 9.17) is 4.74 Å². The fourth-order valence-corrected chi connectivity index (χ4v) is 5.97. The van der Waals surface area contributed by atoms with Gasteiger partial charge < -0.3 is 20.7 Å². The lowest BCUT2D eigenvalue weighted by molar-refractivity contribution is -0.117. The highest BCUT2D eigenvalue weighted by atomic mass is 32.1. The zero-order valence-corrected chi connectivity index (χ0v) is 21.5. The number of urea groups is 1. The molecule has 2 aliphatic rings. The highest BCUT2D eigenvalue weighted by Gasteiger charge is 2.35. The van der Waals surface area contributed by atoms with Crippen molar-refractivity contribution in [1.29, 1.82) is 0 Å². The van der Waals surface area contributed by atoms with Crippen LogP contribution >= 0.6 is 11.3 Å². The third-order valence-electron chi connectivity index (χ3n) is 6.73. The Balaban J connectivity index is 1.27. The van der Waals surface area contributed by atoms with E-state index in [1.54, 1.807) is 30.6 Å². The van der Waals surface area contributed by atoms with Gasteiger partial charge in [-0.2, -0.15) is 0 Å². The number of amides is 4. The van der Waals surface area contributed by atoms with Crippen LogP contribution in [0, 0.1) is 0 Å². The third-order valence-corrected chi connectivity index (χ3v) is 7.82. The predicted molar refractivity (Wildman–Crippen MR) is 149 cm³/mol. The second kappa shape index (κ2) is 10.2. The molecule has 10 nitrogen and oxygen atoms in total. The number of carbonyl (C=O) groups excluding carboxylic acids is 3. The van der Waals surface area contributed by atoms with E-state index in [0.29, 0.717) is 43.8 Å². The van der Waals surface area contributed by atoms with Gasteiger partial charge in [0.1, 0.15) is 27.0 Å². The van der Waals surface area contributed by atoms with Crippen LogP contribution in [0.3, 0.4) is 0 Å². The number of hydrogen-bond acceptors (Lipinski definition) is 7. The lowest BCUT2D eigenvalue weighted by Crippen LogP contribution is -2.48. The smallest absolute Gasteiger partial charge is 0.332 e. The van der Waals surface area contributed by atoms with Crippen LogP contribution in [-0.2, 0) is 4.79 Å². The van der Waals surface area contributed by atoms with Crippen molar-refractivity contribution >= 4 is 56.6 Å². The number of anilines is 3. The van der Waals surface area contributed by atoms with Crippen LogP contribution in [-0.4, -0.2) is 39.9 Å². The number of para-hydroxylation sites is 1. The average Bonchev–Trinajstić information content (AvgIpc) is 3.54. The topological polar surface area (TPSA) is 126 Å². The number of thiophene rings is 1. The van der Waals surface area contributed by atoms with Gasteiger partial charge in [-0.3, -0.25) is 9.59 Å². The molecule has 1 aliphatic carbocycles. The summed E-state index contributed by atoms with van der Waals surface area (Å²) in [5.74, 6) is 1.02. The molecule has 1 aliphatic heterocycles. The summed E-state index contributed by atoms with van der Waals surface area (Å²) in [6.07, 6.45) is 6.78. The quantitative estimate of drug-likeness (QED) is 0.280. The largest absolute Gasteiger partial charge is 0.456 e. The Morgan fingerprint density at radius 1 is 1.05 bits per heavy atom. The molecule has 0 unspecified atom stereocenters. The molecular formula is C28H24N6O4S. The van der Waals surface area contributed by atoms with Gasteiger partial charge in [0.15, 0.2) is 0 Å². The summed E-state index contributed by atoms with van der Waals surface area (Å²) in [6.45, 7) is 3.49. The summed E-state index contributed by atoms with van der Waals surface area (Å²) >= 11 is 1.21. The van der Waals surface area contributed by atoms with Crippen LogP contribution < -0.4 is 25.6 Å². The summed E-state index contributed by atoms with van der Waals surface area (Å²) in [7, 11) is 0.